The fourth-order valence-corrected chi connectivity index (χ4v) is 4.72. The zero-order chi connectivity index (χ0) is 26.4. The maximum Gasteiger partial charge on any atom is 0.308 e. The summed E-state index contributed by atoms with van der Waals surface area (Å²) < 4.78 is 18.5. The van der Waals surface area contributed by atoms with Gasteiger partial charge in [0.25, 0.3) is 0 Å². The highest BCUT2D eigenvalue weighted by atomic mass is 35.5. The minimum absolute atomic E-state index is 0. The van der Waals surface area contributed by atoms with E-state index in [1.807, 2.05) is 32.0 Å². The van der Waals surface area contributed by atoms with E-state index < -0.39 is 0 Å². The largest absolute Gasteiger partial charge is 0.427 e. The number of rotatable bonds is 4. The number of esters is 1. The van der Waals surface area contributed by atoms with Crippen LogP contribution in [0.4, 0.5) is 21.8 Å². The van der Waals surface area contributed by atoms with Crippen molar-refractivity contribution in [3.05, 3.63) is 70.7 Å². The Morgan fingerprint density at radius 1 is 1.05 bits per heavy atom. The summed E-state index contributed by atoms with van der Waals surface area (Å²) in [5.74, 6) is 1.25. The average molecular weight is 579 g/mol. The van der Waals surface area contributed by atoms with Gasteiger partial charge in [0.1, 0.15) is 17.4 Å². The van der Waals surface area contributed by atoms with Gasteiger partial charge in [0.05, 0.1) is 6.04 Å². The van der Waals surface area contributed by atoms with Gasteiger partial charge in [-0.2, -0.15) is 4.98 Å². The topological polar surface area (TPSA) is 79.4 Å². The van der Waals surface area contributed by atoms with E-state index >= 15 is 0 Å². The van der Waals surface area contributed by atoms with Crippen LogP contribution in [0.15, 0.2) is 42.5 Å². The first kappa shape index (κ1) is 32.3. The molecule has 0 radical (unpaired) electrons. The summed E-state index contributed by atoms with van der Waals surface area (Å²) in [5.41, 5.74) is 4.97. The second-order valence-electron chi connectivity index (χ2n) is 9.60. The van der Waals surface area contributed by atoms with E-state index in [0.29, 0.717) is 11.7 Å². The first-order chi connectivity index (χ1) is 17.8. The fraction of sp³-hybridized carbons (Fsp3) is 0.414. The van der Waals surface area contributed by atoms with E-state index in [-0.39, 0.29) is 42.6 Å². The number of aryl methyl sites for hydroxylation is 1. The van der Waals surface area contributed by atoms with Crippen LogP contribution in [0.2, 0.25) is 0 Å². The molecule has 0 amide bonds. The molecule has 2 aliphatic heterocycles. The van der Waals surface area contributed by atoms with Crippen molar-refractivity contribution in [1.29, 1.82) is 0 Å². The van der Waals surface area contributed by atoms with E-state index in [0.717, 1.165) is 41.3 Å². The lowest BCUT2D eigenvalue weighted by Gasteiger charge is -2.37. The van der Waals surface area contributed by atoms with Gasteiger partial charge >= 0.3 is 5.97 Å². The molecule has 2 aliphatic rings. The molecular weight excluding hydrogens is 540 g/mol. The smallest absolute Gasteiger partial charge is 0.308 e. The predicted octanol–water partition coefficient (Wildman–Crippen LogP) is 6.63. The summed E-state index contributed by atoms with van der Waals surface area (Å²) in [6, 6.07) is 12.0. The van der Waals surface area contributed by atoms with Gasteiger partial charge in [0.2, 0.25) is 5.95 Å². The number of nitrogens with one attached hydrogen (secondary N) is 2. The Kier molecular flexibility index (Phi) is 12.4. The zero-order valence-electron chi connectivity index (χ0n) is 22.9. The maximum absolute atomic E-state index is 13.2. The standard InChI is InChI=1S/C24H25FN4O2.C5H11N.2ClH/c1-14-15(2)26-24(27-20-8-6-19(25)7-9-20)28-23(14)29-12-11-18-5-10-21(31-17(4)30)13-22(18)16(29)3;1-2-4-6-5-3-1;;/h5-10,13,16H,11-12H2,1-4H3,(H,26,27,28);6H,1-5H2;2*1H. The minimum Gasteiger partial charge on any atom is -0.427 e. The Balaban J connectivity index is 0.000000591. The lowest BCUT2D eigenvalue weighted by Crippen LogP contribution is -2.35. The van der Waals surface area contributed by atoms with Crippen LogP contribution in [0.3, 0.4) is 0 Å². The molecule has 1 aromatic heterocycles. The molecule has 7 nitrogen and oxygen atoms in total. The van der Waals surface area contributed by atoms with Crippen molar-refractivity contribution in [3.63, 3.8) is 0 Å². The molecule has 212 valence electrons. The summed E-state index contributed by atoms with van der Waals surface area (Å²) in [7, 11) is 0. The van der Waals surface area contributed by atoms with Gasteiger partial charge < -0.3 is 20.3 Å². The lowest BCUT2D eigenvalue weighted by atomic mass is 9.93. The molecule has 3 aromatic rings. The number of carbonyl (C=O) groups excluding carboxylic acids is 1. The summed E-state index contributed by atoms with van der Waals surface area (Å²) in [4.78, 5) is 23.0. The molecule has 10 heteroatoms. The highest BCUT2D eigenvalue weighted by molar-refractivity contribution is 5.85. The number of piperidine rings is 1. The van der Waals surface area contributed by atoms with Crippen LogP contribution >= 0.6 is 24.8 Å². The number of fused-ring (bicyclic) bond motifs is 1. The van der Waals surface area contributed by atoms with Crippen molar-refractivity contribution in [2.75, 3.05) is 29.9 Å². The molecule has 39 heavy (non-hydrogen) atoms. The summed E-state index contributed by atoms with van der Waals surface area (Å²) >= 11 is 0. The van der Waals surface area contributed by atoms with Gasteiger partial charge in [-0.15, -0.1) is 24.8 Å². The third kappa shape index (κ3) is 8.52. The van der Waals surface area contributed by atoms with Crippen LogP contribution in [0.1, 0.15) is 61.5 Å². The van der Waals surface area contributed by atoms with Crippen LogP contribution in [0.5, 0.6) is 5.75 Å². The Morgan fingerprint density at radius 3 is 2.33 bits per heavy atom. The number of benzene rings is 2. The zero-order valence-corrected chi connectivity index (χ0v) is 24.6. The molecule has 1 saturated heterocycles. The number of hydrogen-bond donors (Lipinski definition) is 2. The average Bonchev–Trinajstić information content (AvgIpc) is 2.89. The van der Waals surface area contributed by atoms with Crippen molar-refractivity contribution in [2.24, 2.45) is 0 Å². The first-order valence-electron chi connectivity index (χ1n) is 13.0. The SMILES string of the molecule is C1CCNCC1.CC(=O)Oc1ccc2c(c1)C(C)N(c1nc(Nc3ccc(F)cc3)nc(C)c1C)CC2.Cl.Cl. The van der Waals surface area contributed by atoms with E-state index in [1.54, 1.807) is 12.1 Å². The number of anilines is 3. The molecule has 3 heterocycles. The third-order valence-corrected chi connectivity index (χ3v) is 6.86. The summed E-state index contributed by atoms with van der Waals surface area (Å²) in [5, 5.41) is 6.46. The first-order valence-corrected chi connectivity index (χ1v) is 13.0. The second-order valence-corrected chi connectivity index (χ2v) is 9.60. The molecule has 1 fully saturated rings. The molecule has 2 N–H and O–H groups in total. The highest BCUT2D eigenvalue weighted by Crippen LogP contribution is 2.37. The molecular formula is C29H38Cl2FN5O2. The quantitative estimate of drug-likeness (QED) is 0.266. The maximum atomic E-state index is 13.2. The van der Waals surface area contributed by atoms with E-state index in [2.05, 4.69) is 27.4 Å². The molecule has 1 atom stereocenters. The molecule has 0 saturated carbocycles. The van der Waals surface area contributed by atoms with Crippen molar-refractivity contribution < 1.29 is 13.9 Å². The van der Waals surface area contributed by atoms with Gasteiger partial charge in [0.15, 0.2) is 0 Å². The molecule has 0 aliphatic carbocycles. The monoisotopic (exact) mass is 577 g/mol. The number of aromatic nitrogens is 2. The van der Waals surface area contributed by atoms with Crippen LogP contribution in [-0.2, 0) is 11.2 Å². The lowest BCUT2D eigenvalue weighted by molar-refractivity contribution is -0.131. The van der Waals surface area contributed by atoms with Gasteiger partial charge in [-0.1, -0.05) is 12.5 Å². The van der Waals surface area contributed by atoms with Crippen LogP contribution in [-0.4, -0.2) is 35.6 Å². The van der Waals surface area contributed by atoms with E-state index in [4.69, 9.17) is 9.72 Å². The Hall–Kier alpha value is -2.94. The molecule has 0 spiro atoms. The molecule has 0 bridgehead atoms. The van der Waals surface area contributed by atoms with E-state index in [1.165, 1.54) is 57.0 Å². The van der Waals surface area contributed by atoms with Crippen molar-refractivity contribution in [2.45, 2.75) is 59.4 Å². The van der Waals surface area contributed by atoms with Crippen LogP contribution in [0, 0.1) is 19.7 Å². The van der Waals surface area contributed by atoms with Crippen molar-refractivity contribution >= 4 is 48.2 Å². The Bertz CT molecular complexity index is 1230. The minimum atomic E-state index is -0.334. The van der Waals surface area contributed by atoms with Gasteiger partial charge in [-0.05, 0) is 101 Å². The normalized spacial score (nSPS) is 15.9. The van der Waals surface area contributed by atoms with Crippen molar-refractivity contribution in [3.8, 4) is 5.75 Å². The molecule has 1 unspecified atom stereocenters. The second kappa shape index (κ2) is 15.0. The number of nitrogens with zero attached hydrogens (tertiary/aromatic N) is 3. The highest BCUT2D eigenvalue weighted by Gasteiger charge is 2.27. The number of halogens is 3. The Morgan fingerprint density at radius 2 is 1.74 bits per heavy atom. The number of carbonyl (C=O) groups is 1. The number of hydrogen-bond acceptors (Lipinski definition) is 7. The van der Waals surface area contributed by atoms with Gasteiger partial charge in [-0.25, -0.2) is 9.37 Å². The van der Waals surface area contributed by atoms with Gasteiger partial charge in [-0.3, -0.25) is 4.79 Å². The van der Waals surface area contributed by atoms with E-state index in [9.17, 15) is 9.18 Å². The van der Waals surface area contributed by atoms with Crippen molar-refractivity contribution in [1.82, 2.24) is 15.3 Å². The molecule has 5 rings (SSSR count). The summed E-state index contributed by atoms with van der Waals surface area (Å²) in [6.07, 6.45) is 5.08. The van der Waals surface area contributed by atoms with Crippen LogP contribution < -0.4 is 20.3 Å². The predicted molar refractivity (Wildman–Crippen MR) is 160 cm³/mol. The summed E-state index contributed by atoms with van der Waals surface area (Å²) in [6.45, 7) is 10.8. The Labute approximate surface area is 242 Å². The number of ether oxygens (including phenoxy) is 1. The third-order valence-electron chi connectivity index (χ3n) is 6.86. The fourth-order valence-electron chi connectivity index (χ4n) is 4.72. The van der Waals surface area contributed by atoms with Gasteiger partial charge in [0, 0.05) is 30.4 Å². The molecule has 2 aromatic carbocycles. The van der Waals surface area contributed by atoms with Crippen LogP contribution in [0.25, 0.3) is 0 Å².